The second-order valence-corrected chi connectivity index (χ2v) is 3.77. The van der Waals surface area contributed by atoms with Crippen LogP contribution in [-0.2, 0) is 4.79 Å². The van der Waals surface area contributed by atoms with Crippen LogP contribution in [0.2, 0.25) is 0 Å². The van der Waals surface area contributed by atoms with E-state index in [2.05, 4.69) is 18.9 Å². The summed E-state index contributed by atoms with van der Waals surface area (Å²) in [4.78, 5) is 11.2. The van der Waals surface area contributed by atoms with E-state index in [1.807, 2.05) is 13.0 Å². The van der Waals surface area contributed by atoms with Gasteiger partial charge in [0.05, 0.1) is 0 Å². The quantitative estimate of drug-likeness (QED) is 0.467. The Morgan fingerprint density at radius 1 is 1.69 bits per heavy atom. The fourth-order valence-corrected chi connectivity index (χ4v) is 1.98. The van der Waals surface area contributed by atoms with Crippen molar-refractivity contribution in [3.8, 4) is 0 Å². The number of hydrogen-bond donors (Lipinski definition) is 0. The Kier molecular flexibility index (Phi) is 3.27. The Hall–Kier alpha value is -1.07. The second-order valence-electron chi connectivity index (χ2n) is 3.77. The molecule has 0 amide bonds. The third-order valence-corrected chi connectivity index (χ3v) is 2.68. The van der Waals surface area contributed by atoms with E-state index in [0.717, 1.165) is 6.42 Å². The molecule has 0 radical (unpaired) electrons. The topological polar surface area (TPSA) is 17.1 Å². The van der Waals surface area contributed by atoms with E-state index in [0.29, 0.717) is 24.5 Å². The van der Waals surface area contributed by atoms with Gasteiger partial charge in [-0.25, -0.2) is 0 Å². The molecule has 0 saturated heterocycles. The van der Waals surface area contributed by atoms with E-state index in [4.69, 9.17) is 0 Å². The molecule has 1 aliphatic rings. The molecule has 1 rings (SSSR count). The van der Waals surface area contributed by atoms with Gasteiger partial charge in [0.1, 0.15) is 5.78 Å². The van der Waals surface area contributed by atoms with Crippen LogP contribution in [0.15, 0.2) is 30.5 Å². The van der Waals surface area contributed by atoms with E-state index in [1.54, 1.807) is 0 Å². The lowest BCUT2D eigenvalue weighted by Gasteiger charge is -2.28. The summed E-state index contributed by atoms with van der Waals surface area (Å²) >= 11 is 0. The van der Waals surface area contributed by atoms with Gasteiger partial charge in [-0.05, 0) is 31.3 Å². The van der Waals surface area contributed by atoms with Crippen LogP contribution < -0.4 is 0 Å². The minimum atomic E-state index is 0.288. The van der Waals surface area contributed by atoms with E-state index >= 15 is 0 Å². The van der Waals surface area contributed by atoms with Gasteiger partial charge in [-0.15, -0.1) is 5.73 Å². The van der Waals surface area contributed by atoms with Crippen molar-refractivity contribution in [3.05, 3.63) is 30.5 Å². The van der Waals surface area contributed by atoms with Crippen molar-refractivity contribution < 1.29 is 4.79 Å². The highest BCUT2D eigenvalue weighted by molar-refractivity contribution is 5.79. The van der Waals surface area contributed by atoms with Gasteiger partial charge < -0.3 is 0 Å². The SMILES string of the molecule is C=C=CC1CC(=O)CCC1C(=C)C. The summed E-state index contributed by atoms with van der Waals surface area (Å²) in [6.07, 6.45) is 4.20. The van der Waals surface area contributed by atoms with E-state index in [-0.39, 0.29) is 5.92 Å². The first-order valence-electron chi connectivity index (χ1n) is 4.68. The summed E-state index contributed by atoms with van der Waals surface area (Å²) in [7, 11) is 0. The Morgan fingerprint density at radius 3 is 2.92 bits per heavy atom. The van der Waals surface area contributed by atoms with Gasteiger partial charge in [-0.1, -0.05) is 18.7 Å². The number of rotatable bonds is 2. The Labute approximate surface area is 79.8 Å². The number of carbonyl (C=O) groups excluding carboxylic acids is 1. The molecule has 0 bridgehead atoms. The number of hydrogen-bond acceptors (Lipinski definition) is 1. The number of carbonyl (C=O) groups is 1. The summed E-state index contributed by atoms with van der Waals surface area (Å²) in [5.74, 6) is 1.09. The lowest BCUT2D eigenvalue weighted by Crippen LogP contribution is -2.23. The lowest BCUT2D eigenvalue weighted by atomic mass is 9.75. The zero-order valence-electron chi connectivity index (χ0n) is 8.18. The number of Topliss-reactive ketones (excluding diaryl/α,β-unsaturated/α-hetero) is 1. The lowest BCUT2D eigenvalue weighted by molar-refractivity contribution is -0.121. The molecule has 0 aromatic heterocycles. The van der Waals surface area contributed by atoms with Crippen molar-refractivity contribution in [2.45, 2.75) is 26.2 Å². The maximum Gasteiger partial charge on any atom is 0.133 e. The van der Waals surface area contributed by atoms with Crippen LogP contribution in [0.4, 0.5) is 0 Å². The molecule has 0 N–H and O–H groups in total. The van der Waals surface area contributed by atoms with Crippen LogP contribution in [0.25, 0.3) is 0 Å². The fourth-order valence-electron chi connectivity index (χ4n) is 1.98. The zero-order chi connectivity index (χ0) is 9.84. The highest BCUT2D eigenvalue weighted by Gasteiger charge is 2.27. The van der Waals surface area contributed by atoms with E-state index in [1.165, 1.54) is 5.57 Å². The highest BCUT2D eigenvalue weighted by atomic mass is 16.1. The summed E-state index contributed by atoms with van der Waals surface area (Å²) in [6, 6.07) is 0. The molecule has 1 nitrogen and oxygen atoms in total. The van der Waals surface area contributed by atoms with Crippen LogP contribution in [-0.4, -0.2) is 5.78 Å². The average molecular weight is 176 g/mol. The van der Waals surface area contributed by atoms with Crippen molar-refractivity contribution in [1.82, 2.24) is 0 Å². The summed E-state index contributed by atoms with van der Waals surface area (Å²) in [6.45, 7) is 9.54. The zero-order valence-corrected chi connectivity index (χ0v) is 8.18. The Morgan fingerprint density at radius 2 is 2.38 bits per heavy atom. The van der Waals surface area contributed by atoms with Gasteiger partial charge in [0, 0.05) is 12.8 Å². The molecule has 0 aromatic rings. The maximum absolute atomic E-state index is 11.2. The minimum absolute atomic E-state index is 0.288. The molecule has 1 fully saturated rings. The molecule has 70 valence electrons. The Balaban J connectivity index is 2.77. The van der Waals surface area contributed by atoms with Gasteiger partial charge >= 0.3 is 0 Å². The minimum Gasteiger partial charge on any atom is -0.300 e. The molecule has 0 aliphatic heterocycles. The largest absolute Gasteiger partial charge is 0.300 e. The van der Waals surface area contributed by atoms with Crippen LogP contribution >= 0.6 is 0 Å². The molecule has 1 heteroatoms. The fraction of sp³-hybridized carbons (Fsp3) is 0.500. The second kappa shape index (κ2) is 4.25. The summed E-state index contributed by atoms with van der Waals surface area (Å²) in [5.41, 5.74) is 3.94. The van der Waals surface area contributed by atoms with Crippen LogP contribution in [0.3, 0.4) is 0 Å². The van der Waals surface area contributed by atoms with Crippen molar-refractivity contribution in [3.63, 3.8) is 0 Å². The van der Waals surface area contributed by atoms with Gasteiger partial charge in [0.25, 0.3) is 0 Å². The standard InChI is InChI=1S/C12H16O/c1-4-5-10-8-11(13)6-7-12(10)9(2)3/h5,10,12H,1-2,6-8H2,3H3. The summed E-state index contributed by atoms with van der Waals surface area (Å²) < 4.78 is 0. The van der Waals surface area contributed by atoms with Crippen LogP contribution in [0, 0.1) is 11.8 Å². The van der Waals surface area contributed by atoms with Gasteiger partial charge in [0.2, 0.25) is 0 Å². The van der Waals surface area contributed by atoms with E-state index in [9.17, 15) is 4.79 Å². The molecule has 2 atom stereocenters. The molecule has 13 heavy (non-hydrogen) atoms. The molecule has 1 aliphatic carbocycles. The van der Waals surface area contributed by atoms with Gasteiger partial charge in [-0.3, -0.25) is 4.79 Å². The third-order valence-electron chi connectivity index (χ3n) is 2.68. The molecule has 0 aromatic carbocycles. The van der Waals surface area contributed by atoms with Crippen molar-refractivity contribution in [2.75, 3.05) is 0 Å². The van der Waals surface area contributed by atoms with Crippen molar-refractivity contribution in [1.29, 1.82) is 0 Å². The predicted octanol–water partition coefficient (Wildman–Crippen LogP) is 2.89. The highest BCUT2D eigenvalue weighted by Crippen LogP contribution is 2.33. The molecular weight excluding hydrogens is 160 g/mol. The van der Waals surface area contributed by atoms with Crippen molar-refractivity contribution in [2.24, 2.45) is 11.8 Å². The van der Waals surface area contributed by atoms with Gasteiger partial charge in [-0.2, -0.15) is 0 Å². The molecular formula is C12H16O. The predicted molar refractivity (Wildman–Crippen MR) is 54.4 cm³/mol. The van der Waals surface area contributed by atoms with Gasteiger partial charge in [0.15, 0.2) is 0 Å². The van der Waals surface area contributed by atoms with E-state index < -0.39 is 0 Å². The van der Waals surface area contributed by atoms with Crippen LogP contribution in [0.1, 0.15) is 26.2 Å². The normalized spacial score (nSPS) is 27.9. The smallest absolute Gasteiger partial charge is 0.133 e. The van der Waals surface area contributed by atoms with Crippen molar-refractivity contribution >= 4 is 5.78 Å². The molecule has 1 saturated carbocycles. The maximum atomic E-state index is 11.2. The molecule has 2 unspecified atom stereocenters. The first-order chi connectivity index (χ1) is 6.15. The average Bonchev–Trinajstić information content (AvgIpc) is 2.04. The summed E-state index contributed by atoms with van der Waals surface area (Å²) in [5, 5.41) is 0. The van der Waals surface area contributed by atoms with Crippen LogP contribution in [0.5, 0.6) is 0 Å². The third kappa shape index (κ3) is 2.43. The first kappa shape index (κ1) is 10.0. The molecule has 0 heterocycles. The molecule has 0 spiro atoms. The first-order valence-corrected chi connectivity index (χ1v) is 4.68. The monoisotopic (exact) mass is 176 g/mol. The Bertz CT molecular complexity index is 269. The number of ketones is 1. The number of allylic oxidation sites excluding steroid dienone is 2.